The van der Waals surface area contributed by atoms with Crippen LogP contribution < -0.4 is 4.74 Å². The molecule has 0 aliphatic carbocycles. The highest BCUT2D eigenvalue weighted by molar-refractivity contribution is 5.46. The molecule has 1 fully saturated rings. The minimum absolute atomic E-state index is 0.536. The number of likely N-dealkylation sites (tertiary alicyclic amines) is 1. The van der Waals surface area contributed by atoms with Crippen LogP contribution in [0.2, 0.25) is 0 Å². The van der Waals surface area contributed by atoms with Crippen LogP contribution in [0.5, 0.6) is 5.75 Å². The fourth-order valence-corrected chi connectivity index (χ4v) is 3.59. The first kappa shape index (κ1) is 16.3. The summed E-state index contributed by atoms with van der Waals surface area (Å²) in [4.78, 5) is 2.45. The molecule has 1 unspecified atom stereocenters. The Hall–Kier alpha value is -1.06. The summed E-state index contributed by atoms with van der Waals surface area (Å²) in [6.45, 7) is 10.6. The van der Waals surface area contributed by atoms with Crippen LogP contribution in [0.25, 0.3) is 0 Å². The van der Waals surface area contributed by atoms with Gasteiger partial charge in [-0.25, -0.2) is 0 Å². The molecule has 1 aliphatic heterocycles. The second-order valence-corrected chi connectivity index (χ2v) is 6.67. The molecule has 3 nitrogen and oxygen atoms in total. The van der Waals surface area contributed by atoms with Gasteiger partial charge in [-0.05, 0) is 70.7 Å². The molecule has 1 saturated heterocycles. The lowest BCUT2D eigenvalue weighted by molar-refractivity contribution is 0.0176. The fourth-order valence-electron chi connectivity index (χ4n) is 3.59. The van der Waals surface area contributed by atoms with Crippen molar-refractivity contribution in [3.8, 4) is 5.75 Å². The van der Waals surface area contributed by atoms with E-state index >= 15 is 0 Å². The van der Waals surface area contributed by atoms with Crippen LogP contribution in [0.1, 0.15) is 49.8 Å². The van der Waals surface area contributed by atoms with Gasteiger partial charge in [0.25, 0.3) is 0 Å². The smallest absolute Gasteiger partial charge is 0.125 e. The van der Waals surface area contributed by atoms with Crippen LogP contribution in [-0.4, -0.2) is 36.2 Å². The van der Waals surface area contributed by atoms with Crippen molar-refractivity contribution >= 4 is 0 Å². The molecular formula is C18H29NO2. The van der Waals surface area contributed by atoms with E-state index in [1.54, 1.807) is 7.11 Å². The number of nitrogens with zero attached hydrogens (tertiary/aromatic N) is 1. The third kappa shape index (κ3) is 3.41. The Morgan fingerprint density at radius 1 is 1.19 bits per heavy atom. The molecular weight excluding hydrogens is 262 g/mol. The summed E-state index contributed by atoms with van der Waals surface area (Å²) in [5.41, 5.74) is 2.52. The highest BCUT2D eigenvalue weighted by atomic mass is 16.5. The number of aliphatic hydroxyl groups is 1. The maximum absolute atomic E-state index is 11.3. The molecule has 1 heterocycles. The molecule has 118 valence electrons. The molecule has 1 N–H and O–H groups in total. The van der Waals surface area contributed by atoms with Crippen molar-refractivity contribution in [1.82, 2.24) is 4.90 Å². The van der Waals surface area contributed by atoms with E-state index in [4.69, 9.17) is 4.74 Å². The molecule has 0 amide bonds. The molecule has 1 atom stereocenters. The predicted molar refractivity (Wildman–Crippen MR) is 86.9 cm³/mol. The monoisotopic (exact) mass is 291 g/mol. The SMILES string of the molecule is COc1cc(C)cc(C)c1C1(O)CCCN(C(C)C)CC1. The third-order valence-corrected chi connectivity index (χ3v) is 4.71. The van der Waals surface area contributed by atoms with Gasteiger partial charge < -0.3 is 14.7 Å². The van der Waals surface area contributed by atoms with E-state index in [1.807, 2.05) is 6.07 Å². The van der Waals surface area contributed by atoms with Gasteiger partial charge in [-0.2, -0.15) is 0 Å². The Labute approximate surface area is 128 Å². The number of benzene rings is 1. The van der Waals surface area contributed by atoms with Gasteiger partial charge in [0.2, 0.25) is 0 Å². The van der Waals surface area contributed by atoms with Crippen LogP contribution >= 0.6 is 0 Å². The second-order valence-electron chi connectivity index (χ2n) is 6.67. The maximum atomic E-state index is 11.3. The largest absolute Gasteiger partial charge is 0.496 e. The number of hydrogen-bond acceptors (Lipinski definition) is 3. The highest BCUT2D eigenvalue weighted by Crippen LogP contribution is 2.40. The molecule has 2 rings (SSSR count). The van der Waals surface area contributed by atoms with Crippen LogP contribution in [-0.2, 0) is 5.60 Å². The van der Waals surface area contributed by atoms with E-state index in [2.05, 4.69) is 38.7 Å². The highest BCUT2D eigenvalue weighted by Gasteiger charge is 2.36. The van der Waals surface area contributed by atoms with Crippen molar-refractivity contribution in [2.24, 2.45) is 0 Å². The minimum Gasteiger partial charge on any atom is -0.496 e. The molecule has 0 aromatic heterocycles. The number of rotatable bonds is 3. The molecule has 1 aliphatic rings. The number of ether oxygens (including phenoxy) is 1. The van der Waals surface area contributed by atoms with Crippen molar-refractivity contribution in [3.05, 3.63) is 28.8 Å². The quantitative estimate of drug-likeness (QED) is 0.926. The van der Waals surface area contributed by atoms with Crippen molar-refractivity contribution in [2.75, 3.05) is 20.2 Å². The standard InChI is InChI=1S/C18H29NO2/c1-13(2)19-9-6-7-18(20,8-10-19)17-15(4)11-14(3)12-16(17)21-5/h11-13,20H,6-10H2,1-5H3. The lowest BCUT2D eigenvalue weighted by Crippen LogP contribution is -2.34. The zero-order chi connectivity index (χ0) is 15.6. The van der Waals surface area contributed by atoms with Crippen LogP contribution in [0, 0.1) is 13.8 Å². The van der Waals surface area contributed by atoms with Crippen molar-refractivity contribution in [3.63, 3.8) is 0 Å². The van der Waals surface area contributed by atoms with E-state index in [9.17, 15) is 5.11 Å². The number of methoxy groups -OCH3 is 1. The van der Waals surface area contributed by atoms with Gasteiger partial charge in [0.05, 0.1) is 12.7 Å². The summed E-state index contributed by atoms with van der Waals surface area (Å²) in [7, 11) is 1.69. The lowest BCUT2D eigenvalue weighted by atomic mass is 9.83. The summed E-state index contributed by atoms with van der Waals surface area (Å²) >= 11 is 0. The Morgan fingerprint density at radius 3 is 2.52 bits per heavy atom. The van der Waals surface area contributed by atoms with Gasteiger partial charge in [0.15, 0.2) is 0 Å². The van der Waals surface area contributed by atoms with E-state index in [1.165, 1.54) is 5.56 Å². The van der Waals surface area contributed by atoms with E-state index in [0.29, 0.717) is 6.04 Å². The van der Waals surface area contributed by atoms with Gasteiger partial charge in [0, 0.05) is 18.2 Å². The molecule has 0 spiro atoms. The normalized spacial score (nSPS) is 24.1. The van der Waals surface area contributed by atoms with Crippen molar-refractivity contribution in [1.29, 1.82) is 0 Å². The molecule has 0 radical (unpaired) electrons. The van der Waals surface area contributed by atoms with Crippen LogP contribution in [0.15, 0.2) is 12.1 Å². The zero-order valence-electron chi connectivity index (χ0n) is 14.1. The number of aryl methyl sites for hydroxylation is 2. The van der Waals surface area contributed by atoms with Crippen molar-refractivity contribution in [2.45, 2.75) is 58.6 Å². The Balaban J connectivity index is 2.36. The van der Waals surface area contributed by atoms with Crippen molar-refractivity contribution < 1.29 is 9.84 Å². The first-order valence-corrected chi connectivity index (χ1v) is 7.99. The van der Waals surface area contributed by atoms with E-state index in [-0.39, 0.29) is 0 Å². The average Bonchev–Trinajstić information content (AvgIpc) is 2.60. The van der Waals surface area contributed by atoms with Gasteiger partial charge in [0.1, 0.15) is 5.75 Å². The third-order valence-electron chi connectivity index (χ3n) is 4.71. The summed E-state index contributed by atoms with van der Waals surface area (Å²) in [5.74, 6) is 0.827. The van der Waals surface area contributed by atoms with Gasteiger partial charge in [-0.15, -0.1) is 0 Å². The topological polar surface area (TPSA) is 32.7 Å². The van der Waals surface area contributed by atoms with Gasteiger partial charge in [-0.1, -0.05) is 6.07 Å². The summed E-state index contributed by atoms with van der Waals surface area (Å²) in [6.07, 6.45) is 2.59. The lowest BCUT2D eigenvalue weighted by Gasteiger charge is -2.31. The first-order valence-electron chi connectivity index (χ1n) is 7.99. The zero-order valence-corrected chi connectivity index (χ0v) is 14.1. The van der Waals surface area contributed by atoms with Gasteiger partial charge in [-0.3, -0.25) is 0 Å². The number of hydrogen-bond donors (Lipinski definition) is 1. The van der Waals surface area contributed by atoms with Crippen LogP contribution in [0.3, 0.4) is 0 Å². The molecule has 21 heavy (non-hydrogen) atoms. The maximum Gasteiger partial charge on any atom is 0.125 e. The first-order chi connectivity index (χ1) is 9.87. The second kappa shape index (κ2) is 6.37. The Kier molecular flexibility index (Phi) is 4.95. The summed E-state index contributed by atoms with van der Waals surface area (Å²) in [5, 5.41) is 11.3. The summed E-state index contributed by atoms with van der Waals surface area (Å²) < 4.78 is 5.57. The molecule has 1 aromatic rings. The predicted octanol–water partition coefficient (Wildman–Crippen LogP) is 3.39. The van der Waals surface area contributed by atoms with E-state index < -0.39 is 5.60 Å². The molecule has 1 aromatic carbocycles. The fraction of sp³-hybridized carbons (Fsp3) is 0.667. The minimum atomic E-state index is -0.771. The Morgan fingerprint density at radius 2 is 1.90 bits per heavy atom. The van der Waals surface area contributed by atoms with E-state index in [0.717, 1.165) is 49.2 Å². The van der Waals surface area contributed by atoms with Gasteiger partial charge >= 0.3 is 0 Å². The molecule has 0 saturated carbocycles. The molecule has 0 bridgehead atoms. The molecule has 3 heteroatoms. The average molecular weight is 291 g/mol. The Bertz CT molecular complexity index is 498. The van der Waals surface area contributed by atoms with Crippen LogP contribution in [0.4, 0.5) is 0 Å². The summed E-state index contributed by atoms with van der Waals surface area (Å²) in [6, 6.07) is 4.71.